The minimum absolute atomic E-state index is 0.00340. The van der Waals surface area contributed by atoms with E-state index in [0.29, 0.717) is 6.67 Å². The van der Waals surface area contributed by atoms with Gasteiger partial charge >= 0.3 is 0 Å². The van der Waals surface area contributed by atoms with Gasteiger partial charge in [0, 0.05) is 17.3 Å². The van der Waals surface area contributed by atoms with Gasteiger partial charge < -0.3 is 14.5 Å². The number of aromatic nitrogens is 2. The van der Waals surface area contributed by atoms with E-state index in [2.05, 4.69) is 249 Å². The lowest BCUT2D eigenvalue weighted by atomic mass is 9.85. The van der Waals surface area contributed by atoms with Crippen molar-refractivity contribution >= 4 is 33.8 Å². The quantitative estimate of drug-likeness (QED) is 0.113. The minimum Gasteiger partial charge on any atom is -0.458 e. The molecule has 1 aliphatic heterocycles. The van der Waals surface area contributed by atoms with Crippen LogP contribution in [0.15, 0.2) is 194 Å². The highest BCUT2D eigenvalue weighted by Crippen LogP contribution is 2.48. The van der Waals surface area contributed by atoms with E-state index in [1.54, 1.807) is 0 Å². The smallest absolute Gasteiger partial charge is 0.269 e. The Bertz CT molecular complexity index is 3100. The van der Waals surface area contributed by atoms with Gasteiger partial charge in [0.15, 0.2) is 0 Å². The second-order valence-corrected chi connectivity index (χ2v) is 18.5. The molecule has 0 N–H and O–H groups in total. The third kappa shape index (κ3) is 7.65. The van der Waals surface area contributed by atoms with Crippen molar-refractivity contribution < 1.29 is 9.30 Å². The first-order valence-corrected chi connectivity index (χ1v) is 21.9. The molecule has 10 rings (SSSR count). The summed E-state index contributed by atoms with van der Waals surface area (Å²) in [4.78, 5) is 4.84. The number of benzene rings is 8. The third-order valence-corrected chi connectivity index (χ3v) is 12.2. The summed E-state index contributed by atoms with van der Waals surface area (Å²) in [5.41, 5.74) is 16.1. The zero-order valence-electron chi connectivity index (χ0n) is 36.9. The van der Waals surface area contributed by atoms with Crippen molar-refractivity contribution in [3.8, 4) is 45.1 Å². The molecule has 0 spiro atoms. The number of imidazole rings is 1. The second-order valence-electron chi connectivity index (χ2n) is 18.5. The van der Waals surface area contributed by atoms with Gasteiger partial charge in [-0.05, 0) is 93.2 Å². The number of nitrogens with zero attached hydrogens (tertiary/aromatic N) is 4. The van der Waals surface area contributed by atoms with Gasteiger partial charge in [-0.3, -0.25) is 9.13 Å². The number of ether oxygens (including phenoxy) is 1. The van der Waals surface area contributed by atoms with Crippen molar-refractivity contribution in [2.45, 2.75) is 52.4 Å². The van der Waals surface area contributed by atoms with Crippen LogP contribution in [0.5, 0.6) is 11.5 Å². The molecule has 2 heterocycles. The number of fused-ring (bicyclic) bond motifs is 2. The molecule has 1 aromatic heterocycles. The van der Waals surface area contributed by atoms with E-state index < -0.39 is 0 Å². The fourth-order valence-electron chi connectivity index (χ4n) is 8.74. The topological polar surface area (TPSA) is 24.5 Å². The van der Waals surface area contributed by atoms with Crippen molar-refractivity contribution in [2.75, 3.05) is 16.5 Å². The van der Waals surface area contributed by atoms with E-state index in [1.165, 1.54) is 39.2 Å². The van der Waals surface area contributed by atoms with Crippen LogP contribution in [0.25, 0.3) is 44.7 Å². The largest absolute Gasteiger partial charge is 0.458 e. The van der Waals surface area contributed by atoms with Crippen LogP contribution in [-0.2, 0) is 10.8 Å². The average molecular weight is 821 g/mol. The number of para-hydroxylation sites is 4. The Morgan fingerprint density at radius 3 is 1.67 bits per heavy atom. The highest BCUT2D eigenvalue weighted by atomic mass is 16.5. The van der Waals surface area contributed by atoms with Gasteiger partial charge in [0.1, 0.15) is 18.2 Å². The molecular weight excluding hydrogens is 769 g/mol. The molecule has 0 radical (unpaired) electrons. The first-order valence-electron chi connectivity index (χ1n) is 21.9. The fourth-order valence-corrected chi connectivity index (χ4v) is 8.74. The molecule has 0 unspecified atom stereocenters. The van der Waals surface area contributed by atoms with Gasteiger partial charge in [0.05, 0.1) is 39.5 Å². The number of rotatable bonds is 8. The van der Waals surface area contributed by atoms with Gasteiger partial charge in [-0.15, -0.1) is 0 Å². The second kappa shape index (κ2) is 15.8. The summed E-state index contributed by atoms with van der Waals surface area (Å²) in [7, 11) is 0. The van der Waals surface area contributed by atoms with Crippen LogP contribution in [0.4, 0.5) is 22.7 Å². The van der Waals surface area contributed by atoms with Crippen molar-refractivity contribution in [3.63, 3.8) is 0 Å². The molecule has 1 aliphatic rings. The highest BCUT2D eigenvalue weighted by molar-refractivity contribution is 5.92. The van der Waals surface area contributed by atoms with Crippen molar-refractivity contribution in [3.05, 3.63) is 212 Å². The van der Waals surface area contributed by atoms with Gasteiger partial charge in [0.25, 0.3) is 6.33 Å². The van der Waals surface area contributed by atoms with Gasteiger partial charge in [-0.25, -0.2) is 0 Å². The monoisotopic (exact) mass is 820 g/mol. The molecule has 0 saturated heterocycles. The molecular formula is C58H52N4O. The SMILES string of the molecule is CC(C)(C)c1ccc(-c2ccccc2)c(N2CN(c3cccc(Oc4cccc(-n5[c-][n+](-c6cc(C(C)(C)C)ccc6-c6ccccc6)c6ccccc65)c4)c3)c3ccccc32)c1. The van der Waals surface area contributed by atoms with Crippen LogP contribution >= 0.6 is 0 Å². The Morgan fingerprint density at radius 2 is 1.00 bits per heavy atom. The number of hydrogen-bond donors (Lipinski definition) is 0. The maximum absolute atomic E-state index is 6.73. The highest BCUT2D eigenvalue weighted by Gasteiger charge is 2.31. The van der Waals surface area contributed by atoms with Crippen molar-refractivity contribution in [2.24, 2.45) is 0 Å². The lowest BCUT2D eigenvalue weighted by molar-refractivity contribution is -0.571. The summed E-state index contributed by atoms with van der Waals surface area (Å²) in [6.45, 7) is 14.3. The Morgan fingerprint density at radius 1 is 0.460 bits per heavy atom. The lowest BCUT2D eigenvalue weighted by Crippen LogP contribution is -2.31. The Balaban J connectivity index is 0.990. The van der Waals surface area contributed by atoms with Crippen LogP contribution in [0.2, 0.25) is 0 Å². The van der Waals surface area contributed by atoms with Gasteiger partial charge in [-0.1, -0.05) is 175 Å². The summed E-state index contributed by atoms with van der Waals surface area (Å²) in [6.07, 6.45) is 3.77. The third-order valence-electron chi connectivity index (χ3n) is 12.2. The molecule has 0 fully saturated rings. The predicted octanol–water partition coefficient (Wildman–Crippen LogP) is 14.7. The van der Waals surface area contributed by atoms with E-state index in [-0.39, 0.29) is 10.8 Å². The molecule has 0 amide bonds. The van der Waals surface area contributed by atoms with Crippen LogP contribution in [-0.4, -0.2) is 11.2 Å². The van der Waals surface area contributed by atoms with Crippen molar-refractivity contribution in [1.82, 2.24) is 4.57 Å². The normalized spacial score (nSPS) is 12.8. The maximum Gasteiger partial charge on any atom is 0.269 e. The molecule has 5 heteroatoms. The van der Waals surface area contributed by atoms with E-state index in [4.69, 9.17) is 4.74 Å². The molecule has 310 valence electrons. The van der Waals surface area contributed by atoms with Gasteiger partial charge in [-0.2, -0.15) is 0 Å². The summed E-state index contributed by atoms with van der Waals surface area (Å²) in [6, 6.07) is 69.1. The Labute approximate surface area is 371 Å². The molecule has 9 aromatic rings. The van der Waals surface area contributed by atoms with Crippen LogP contribution in [0, 0.1) is 6.33 Å². The standard InChI is InChI=1S/C58H52N4O/c1-57(2,3)43-31-33-49(41-19-9-7-10-20-41)55(35-43)61-39-59(51-27-13-15-29-53(51)61)45-23-17-25-47(37-45)63-48-26-18-24-46(38-48)60-40-62(54-30-16-14-28-52(54)60)56-36-44(58(4,5)6)32-34-50(56)42-21-11-8-12-22-42/h7-38H,39H2,1-6H3. The molecule has 63 heavy (non-hydrogen) atoms. The van der Waals surface area contributed by atoms with Crippen LogP contribution in [0.3, 0.4) is 0 Å². The van der Waals surface area contributed by atoms with Crippen LogP contribution < -0.4 is 19.1 Å². The molecule has 5 nitrogen and oxygen atoms in total. The Kier molecular flexibility index (Phi) is 9.99. The molecule has 0 atom stereocenters. The lowest BCUT2D eigenvalue weighted by Gasteiger charge is -2.27. The summed E-state index contributed by atoms with van der Waals surface area (Å²) < 4.78 is 11.1. The summed E-state index contributed by atoms with van der Waals surface area (Å²) in [5.74, 6) is 1.51. The maximum atomic E-state index is 6.73. The van der Waals surface area contributed by atoms with E-state index in [0.717, 1.165) is 50.8 Å². The molecule has 0 saturated carbocycles. The molecule has 0 aliphatic carbocycles. The number of anilines is 4. The predicted molar refractivity (Wildman–Crippen MR) is 260 cm³/mol. The summed E-state index contributed by atoms with van der Waals surface area (Å²) >= 11 is 0. The first kappa shape index (κ1) is 39.7. The van der Waals surface area contributed by atoms with E-state index in [9.17, 15) is 0 Å². The molecule has 8 aromatic carbocycles. The van der Waals surface area contributed by atoms with Gasteiger partial charge in [0.2, 0.25) is 0 Å². The summed E-state index contributed by atoms with van der Waals surface area (Å²) in [5, 5.41) is 0. The van der Waals surface area contributed by atoms with E-state index in [1.807, 2.05) is 12.1 Å². The van der Waals surface area contributed by atoms with Crippen molar-refractivity contribution in [1.29, 1.82) is 0 Å². The minimum atomic E-state index is -0.0205. The average Bonchev–Trinajstić information content (AvgIpc) is 3.89. The number of hydrogen-bond acceptors (Lipinski definition) is 3. The zero-order valence-corrected chi connectivity index (χ0v) is 36.9. The zero-order chi connectivity index (χ0) is 43.3. The molecule has 0 bridgehead atoms. The van der Waals surface area contributed by atoms with Crippen LogP contribution in [0.1, 0.15) is 52.7 Å². The Hall–Kier alpha value is -7.37. The first-order chi connectivity index (χ1) is 30.5. The fraction of sp³-hybridized carbons (Fsp3) is 0.155. The van der Waals surface area contributed by atoms with E-state index >= 15 is 0 Å².